The van der Waals surface area contributed by atoms with Crippen LogP contribution in [0.4, 0.5) is 5.69 Å². The van der Waals surface area contributed by atoms with Crippen LogP contribution in [-0.2, 0) is 21.4 Å². The zero-order valence-electron chi connectivity index (χ0n) is 13.7. The van der Waals surface area contributed by atoms with Gasteiger partial charge in [0.1, 0.15) is 0 Å². The number of aryl methyl sites for hydroxylation is 1. The highest BCUT2D eigenvalue weighted by molar-refractivity contribution is 5.91. The van der Waals surface area contributed by atoms with E-state index in [2.05, 4.69) is 15.5 Å². The van der Waals surface area contributed by atoms with Crippen LogP contribution in [0.15, 0.2) is 28.8 Å². The zero-order chi connectivity index (χ0) is 17.0. The van der Waals surface area contributed by atoms with E-state index in [0.29, 0.717) is 31.5 Å². The number of carbonyl (C=O) groups is 1. The number of nitrogens with two attached hydrogens (primary N) is 1. The number of rotatable bonds is 5. The third kappa shape index (κ3) is 3.63. The van der Waals surface area contributed by atoms with Crippen LogP contribution in [-0.4, -0.2) is 35.8 Å². The van der Waals surface area contributed by atoms with Crippen molar-refractivity contribution in [3.05, 3.63) is 41.5 Å². The largest absolute Gasteiger partial charge is 0.381 e. The van der Waals surface area contributed by atoms with Crippen LogP contribution in [0, 0.1) is 6.92 Å². The van der Waals surface area contributed by atoms with E-state index >= 15 is 0 Å². The second-order valence-electron chi connectivity index (χ2n) is 6.20. The highest BCUT2D eigenvalue weighted by Crippen LogP contribution is 2.32. The van der Waals surface area contributed by atoms with Crippen molar-refractivity contribution in [3.8, 4) is 0 Å². The van der Waals surface area contributed by atoms with Gasteiger partial charge >= 0.3 is 0 Å². The third-order valence-electron chi connectivity index (χ3n) is 4.42. The molecule has 3 N–H and O–H groups in total. The van der Waals surface area contributed by atoms with Gasteiger partial charge in [-0.3, -0.25) is 4.79 Å². The Bertz CT molecular complexity index is 690. The van der Waals surface area contributed by atoms with Crippen molar-refractivity contribution in [2.24, 2.45) is 5.73 Å². The summed E-state index contributed by atoms with van der Waals surface area (Å²) in [5.41, 5.74) is 7.48. The van der Waals surface area contributed by atoms with Gasteiger partial charge in [0, 0.05) is 25.4 Å². The molecule has 1 saturated heterocycles. The molecule has 0 bridgehead atoms. The van der Waals surface area contributed by atoms with E-state index < -0.39 is 0 Å². The summed E-state index contributed by atoms with van der Waals surface area (Å²) in [5, 5.41) is 6.76. The molecule has 7 nitrogen and oxygen atoms in total. The van der Waals surface area contributed by atoms with E-state index in [9.17, 15) is 4.79 Å². The van der Waals surface area contributed by atoms with Crippen molar-refractivity contribution in [2.45, 2.75) is 31.6 Å². The lowest BCUT2D eigenvalue weighted by molar-refractivity contribution is -0.115. The fourth-order valence-electron chi connectivity index (χ4n) is 2.79. The first-order valence-corrected chi connectivity index (χ1v) is 8.09. The van der Waals surface area contributed by atoms with Crippen LogP contribution >= 0.6 is 0 Å². The lowest BCUT2D eigenvalue weighted by atomic mass is 9.80. The van der Waals surface area contributed by atoms with Crippen molar-refractivity contribution in [1.29, 1.82) is 0 Å². The first-order valence-electron chi connectivity index (χ1n) is 8.09. The summed E-state index contributed by atoms with van der Waals surface area (Å²) in [7, 11) is 0. The number of aromatic nitrogens is 2. The second-order valence-corrected chi connectivity index (χ2v) is 6.20. The van der Waals surface area contributed by atoms with Crippen LogP contribution in [0.25, 0.3) is 0 Å². The van der Waals surface area contributed by atoms with Crippen LogP contribution in [0.5, 0.6) is 0 Å². The molecule has 1 aliphatic rings. The molecular formula is C17H22N4O3. The molecule has 1 aromatic carbocycles. The minimum absolute atomic E-state index is 0.0640. The van der Waals surface area contributed by atoms with Crippen LogP contribution in [0.1, 0.15) is 30.1 Å². The molecule has 1 fully saturated rings. The topological polar surface area (TPSA) is 103 Å². The van der Waals surface area contributed by atoms with Gasteiger partial charge in [0.15, 0.2) is 5.82 Å². The summed E-state index contributed by atoms with van der Waals surface area (Å²) in [4.78, 5) is 16.5. The normalized spacial score (nSPS) is 16.8. The summed E-state index contributed by atoms with van der Waals surface area (Å²) in [6, 6.07) is 7.61. The van der Waals surface area contributed by atoms with Gasteiger partial charge in [-0.1, -0.05) is 22.9 Å². The average molecular weight is 330 g/mol. The molecule has 0 spiro atoms. The Hall–Kier alpha value is -2.25. The van der Waals surface area contributed by atoms with E-state index in [1.165, 1.54) is 0 Å². The number of hydrogen-bond donors (Lipinski definition) is 2. The summed E-state index contributed by atoms with van der Waals surface area (Å²) < 4.78 is 10.8. The van der Waals surface area contributed by atoms with Crippen molar-refractivity contribution < 1.29 is 14.1 Å². The molecule has 0 aliphatic carbocycles. The summed E-state index contributed by atoms with van der Waals surface area (Å²) >= 11 is 0. The number of carbonyl (C=O) groups excluding carboxylic acids is 1. The van der Waals surface area contributed by atoms with E-state index in [4.69, 9.17) is 15.0 Å². The second kappa shape index (κ2) is 7.11. The molecule has 1 aromatic heterocycles. The molecule has 128 valence electrons. The first-order chi connectivity index (χ1) is 11.6. The summed E-state index contributed by atoms with van der Waals surface area (Å²) in [6.07, 6.45) is 1.57. The minimum Gasteiger partial charge on any atom is -0.381 e. The minimum atomic E-state index is -0.336. The lowest BCUT2D eigenvalue weighted by Gasteiger charge is -2.32. The Morgan fingerprint density at radius 3 is 2.67 bits per heavy atom. The molecule has 0 radical (unpaired) electrons. The standard InChI is InChI=1S/C17H22N4O3/c1-12-2-4-13(5-3-12)19-15(22)10-14-20-16(24-21-14)17(11-18)6-8-23-9-7-17/h2-5H,6-11,18H2,1H3,(H,19,22). The molecule has 3 rings (SSSR count). The fourth-order valence-corrected chi connectivity index (χ4v) is 2.79. The van der Waals surface area contributed by atoms with E-state index in [0.717, 1.165) is 24.1 Å². The Balaban J connectivity index is 1.65. The van der Waals surface area contributed by atoms with Gasteiger partial charge in [0.25, 0.3) is 0 Å². The highest BCUT2D eigenvalue weighted by Gasteiger charge is 2.38. The number of ether oxygens (including phenoxy) is 1. The lowest BCUT2D eigenvalue weighted by Crippen LogP contribution is -2.41. The van der Waals surface area contributed by atoms with Gasteiger partial charge in [-0.2, -0.15) is 4.98 Å². The summed E-state index contributed by atoms with van der Waals surface area (Å²) in [5.74, 6) is 0.695. The summed E-state index contributed by atoms with van der Waals surface area (Å²) in [6.45, 7) is 3.68. The maximum atomic E-state index is 12.1. The molecule has 2 heterocycles. The number of anilines is 1. The molecule has 1 aliphatic heterocycles. The zero-order valence-corrected chi connectivity index (χ0v) is 13.7. The number of benzene rings is 1. The van der Waals surface area contributed by atoms with Gasteiger partial charge in [-0.15, -0.1) is 0 Å². The Morgan fingerprint density at radius 1 is 1.29 bits per heavy atom. The maximum absolute atomic E-state index is 12.1. The monoisotopic (exact) mass is 330 g/mol. The van der Waals surface area contributed by atoms with Crippen molar-refractivity contribution in [3.63, 3.8) is 0 Å². The maximum Gasteiger partial charge on any atom is 0.234 e. The predicted octanol–water partition coefficient (Wildman–Crippen LogP) is 1.57. The van der Waals surface area contributed by atoms with Gasteiger partial charge in [0.2, 0.25) is 11.8 Å². The molecule has 0 atom stereocenters. The molecular weight excluding hydrogens is 308 g/mol. The molecule has 1 amide bonds. The number of hydrogen-bond acceptors (Lipinski definition) is 6. The number of amides is 1. The van der Waals surface area contributed by atoms with Gasteiger partial charge in [-0.25, -0.2) is 0 Å². The number of nitrogens with zero attached hydrogens (tertiary/aromatic N) is 2. The molecule has 24 heavy (non-hydrogen) atoms. The van der Waals surface area contributed by atoms with Crippen LogP contribution < -0.4 is 11.1 Å². The quantitative estimate of drug-likeness (QED) is 0.862. The smallest absolute Gasteiger partial charge is 0.234 e. The Kier molecular flexibility index (Phi) is 4.92. The van der Waals surface area contributed by atoms with Gasteiger partial charge in [0.05, 0.1) is 11.8 Å². The van der Waals surface area contributed by atoms with Gasteiger partial charge in [-0.05, 0) is 31.9 Å². The highest BCUT2D eigenvalue weighted by atomic mass is 16.5. The average Bonchev–Trinajstić information content (AvgIpc) is 3.06. The van der Waals surface area contributed by atoms with Crippen molar-refractivity contribution in [1.82, 2.24) is 10.1 Å². The fraction of sp³-hybridized carbons (Fsp3) is 0.471. The third-order valence-corrected chi connectivity index (χ3v) is 4.42. The Morgan fingerprint density at radius 2 is 2.00 bits per heavy atom. The first kappa shape index (κ1) is 16.6. The number of nitrogens with one attached hydrogen (secondary N) is 1. The van der Waals surface area contributed by atoms with E-state index in [1.807, 2.05) is 31.2 Å². The van der Waals surface area contributed by atoms with Gasteiger partial charge < -0.3 is 20.3 Å². The molecule has 7 heteroatoms. The van der Waals surface area contributed by atoms with Crippen LogP contribution in [0.3, 0.4) is 0 Å². The van der Waals surface area contributed by atoms with Crippen molar-refractivity contribution >= 4 is 11.6 Å². The van der Waals surface area contributed by atoms with E-state index in [-0.39, 0.29) is 17.7 Å². The van der Waals surface area contributed by atoms with Crippen LogP contribution in [0.2, 0.25) is 0 Å². The molecule has 0 saturated carbocycles. The Labute approximate surface area is 140 Å². The molecule has 2 aromatic rings. The van der Waals surface area contributed by atoms with Crippen molar-refractivity contribution in [2.75, 3.05) is 25.1 Å². The molecule has 0 unspecified atom stereocenters. The van der Waals surface area contributed by atoms with E-state index in [1.54, 1.807) is 0 Å². The SMILES string of the molecule is Cc1ccc(NC(=O)Cc2noc(C3(CN)CCOCC3)n2)cc1. The predicted molar refractivity (Wildman–Crippen MR) is 88.6 cm³/mol.